The average molecular weight is 455 g/mol. The molecule has 0 unspecified atom stereocenters. The van der Waals surface area contributed by atoms with E-state index in [1.54, 1.807) is 6.20 Å². The zero-order chi connectivity index (χ0) is 12.8. The number of carboxylic acids is 1. The van der Waals surface area contributed by atoms with Gasteiger partial charge < -0.3 is 10.1 Å². The number of aromatic nitrogens is 1. The zero-order valence-corrected chi connectivity index (χ0v) is 13.4. The number of aromatic amines is 1. The van der Waals surface area contributed by atoms with E-state index < -0.39 is 5.97 Å². The molecule has 0 spiro atoms. The van der Waals surface area contributed by atoms with Gasteiger partial charge in [-0.15, -0.1) is 0 Å². The highest BCUT2D eigenvalue weighted by molar-refractivity contribution is 15.0. The topological polar surface area (TPSA) is 53.1 Å². The number of rotatable bonds is 2. The lowest BCUT2D eigenvalue weighted by molar-refractivity contribution is 0.0698. The number of carboxylic acid groups (broad SMARTS) is 1. The maximum absolute atomic E-state index is 10.9. The van der Waals surface area contributed by atoms with Gasteiger partial charge in [0.2, 0.25) is 0 Å². The van der Waals surface area contributed by atoms with Crippen molar-refractivity contribution < 1.29 is 9.90 Å². The third-order valence-corrected chi connectivity index (χ3v) is 2.34. The summed E-state index contributed by atoms with van der Waals surface area (Å²) in [6, 6.07) is 7.78. The summed E-state index contributed by atoms with van der Waals surface area (Å²) in [6.07, 6.45) is 3.20. The predicted octanol–water partition coefficient (Wildman–Crippen LogP) is 4.46. The first-order valence-corrected chi connectivity index (χ1v) is 11.1. The lowest BCUT2D eigenvalue weighted by Gasteiger charge is -2.00. The first-order valence-electron chi connectivity index (χ1n) is 4.80. The van der Waals surface area contributed by atoms with Crippen LogP contribution in [0.15, 0.2) is 36.7 Å². The van der Waals surface area contributed by atoms with Gasteiger partial charge in [0.05, 0.1) is 5.56 Å². The quantitative estimate of drug-likeness (QED) is 0.658. The van der Waals surface area contributed by atoms with Crippen LogP contribution in [0.4, 0.5) is 0 Å². The minimum absolute atomic E-state index is 0.304. The van der Waals surface area contributed by atoms with Crippen molar-refractivity contribution in [3.63, 3.8) is 0 Å². The van der Waals surface area contributed by atoms with Crippen molar-refractivity contribution in [2.45, 2.75) is 6.92 Å². The fourth-order valence-corrected chi connectivity index (χ4v) is 1.51. The SMILES string of the molecule is Cc1ccc(-c2c[nH]cc2C(=O)O)cc1.II. The molecule has 0 saturated heterocycles. The van der Waals surface area contributed by atoms with Crippen LogP contribution in [0.1, 0.15) is 15.9 Å². The van der Waals surface area contributed by atoms with Crippen molar-refractivity contribution in [2.75, 3.05) is 0 Å². The number of halogens is 2. The summed E-state index contributed by atoms with van der Waals surface area (Å²) in [6.45, 7) is 2.00. The molecule has 90 valence electrons. The van der Waals surface area contributed by atoms with Crippen LogP contribution in [0.2, 0.25) is 0 Å². The number of nitrogens with one attached hydrogen (secondary N) is 1. The third-order valence-electron chi connectivity index (χ3n) is 2.34. The van der Waals surface area contributed by atoms with Gasteiger partial charge >= 0.3 is 5.97 Å². The Kier molecular flexibility index (Phi) is 5.96. The molecule has 1 aromatic carbocycles. The first-order chi connectivity index (χ1) is 8.18. The number of aromatic carboxylic acids is 1. The van der Waals surface area contributed by atoms with Gasteiger partial charge in [-0.2, -0.15) is 0 Å². The molecular formula is C12H11I2NO2. The van der Waals surface area contributed by atoms with Crippen LogP contribution < -0.4 is 0 Å². The van der Waals surface area contributed by atoms with Crippen LogP contribution in [0.5, 0.6) is 0 Å². The molecule has 0 fully saturated rings. The highest BCUT2D eigenvalue weighted by atomic mass is 128. The molecule has 2 N–H and O–H groups in total. The number of hydrogen-bond donors (Lipinski definition) is 2. The Morgan fingerprint density at radius 1 is 1.18 bits per heavy atom. The van der Waals surface area contributed by atoms with E-state index in [4.69, 9.17) is 5.11 Å². The maximum atomic E-state index is 10.9. The molecule has 0 bridgehead atoms. The standard InChI is InChI=1S/C12H11NO2.I2/c1-8-2-4-9(5-3-8)10-6-13-7-11(10)12(14)15;1-2/h2-7,13H,1H3,(H,14,15);. The Labute approximate surface area is 123 Å². The van der Waals surface area contributed by atoms with Crippen LogP contribution in [0.25, 0.3) is 11.1 Å². The van der Waals surface area contributed by atoms with E-state index in [9.17, 15) is 4.79 Å². The van der Waals surface area contributed by atoms with Crippen molar-refractivity contribution in [1.82, 2.24) is 4.98 Å². The van der Waals surface area contributed by atoms with Crippen molar-refractivity contribution in [1.29, 1.82) is 0 Å². The van der Waals surface area contributed by atoms with Gasteiger partial charge in [0, 0.05) is 55.2 Å². The second kappa shape index (κ2) is 7.00. The van der Waals surface area contributed by atoms with Gasteiger partial charge in [0.1, 0.15) is 0 Å². The molecule has 0 aliphatic heterocycles. The highest BCUT2D eigenvalue weighted by Crippen LogP contribution is 2.23. The van der Waals surface area contributed by atoms with Crippen molar-refractivity contribution >= 4 is 43.2 Å². The summed E-state index contributed by atoms with van der Waals surface area (Å²) in [4.78, 5) is 13.7. The molecule has 0 saturated carbocycles. The second-order valence-corrected chi connectivity index (χ2v) is 3.45. The molecule has 1 heterocycles. The Balaban J connectivity index is 0.000000686. The Morgan fingerprint density at radius 3 is 2.29 bits per heavy atom. The van der Waals surface area contributed by atoms with E-state index >= 15 is 0 Å². The summed E-state index contributed by atoms with van der Waals surface area (Å²) in [7, 11) is 0. The van der Waals surface area contributed by atoms with Crippen molar-refractivity contribution in [3.05, 3.63) is 47.8 Å². The van der Waals surface area contributed by atoms with Crippen LogP contribution in [-0.4, -0.2) is 16.1 Å². The average Bonchev–Trinajstić information content (AvgIpc) is 2.82. The number of benzene rings is 1. The van der Waals surface area contributed by atoms with Gasteiger partial charge in [-0.3, -0.25) is 0 Å². The molecule has 2 rings (SSSR count). The second-order valence-electron chi connectivity index (χ2n) is 3.45. The van der Waals surface area contributed by atoms with Crippen LogP contribution >= 0.6 is 37.2 Å². The molecule has 0 amide bonds. The molecule has 0 aliphatic carbocycles. The first kappa shape index (κ1) is 14.5. The van der Waals surface area contributed by atoms with Gasteiger partial charge in [-0.1, -0.05) is 29.8 Å². The fraction of sp³-hybridized carbons (Fsp3) is 0.0833. The molecule has 0 atom stereocenters. The minimum atomic E-state index is -0.910. The molecule has 2 aromatic rings. The number of carbonyl (C=O) groups is 1. The van der Waals surface area contributed by atoms with Crippen molar-refractivity contribution in [2.24, 2.45) is 0 Å². The number of hydrogen-bond acceptors (Lipinski definition) is 1. The molecule has 0 radical (unpaired) electrons. The molecule has 17 heavy (non-hydrogen) atoms. The summed E-state index contributed by atoms with van der Waals surface area (Å²) < 4.78 is 0. The smallest absolute Gasteiger partial charge is 0.337 e. The van der Waals surface area contributed by atoms with Gasteiger partial charge in [-0.05, 0) is 12.5 Å². The predicted molar refractivity (Wildman–Crippen MR) is 86.0 cm³/mol. The van der Waals surface area contributed by atoms with E-state index in [-0.39, 0.29) is 0 Å². The molecule has 5 heteroatoms. The van der Waals surface area contributed by atoms with E-state index in [0.29, 0.717) is 5.56 Å². The summed E-state index contributed by atoms with van der Waals surface area (Å²) in [5, 5.41) is 8.95. The van der Waals surface area contributed by atoms with E-state index in [2.05, 4.69) is 42.2 Å². The van der Waals surface area contributed by atoms with Crippen LogP contribution in [0.3, 0.4) is 0 Å². The van der Waals surface area contributed by atoms with Crippen LogP contribution in [-0.2, 0) is 0 Å². The molecule has 3 nitrogen and oxygen atoms in total. The molecule has 0 aliphatic rings. The Morgan fingerprint density at radius 2 is 1.76 bits per heavy atom. The largest absolute Gasteiger partial charge is 0.478 e. The Bertz CT molecular complexity index is 491. The summed E-state index contributed by atoms with van der Waals surface area (Å²) in [5.41, 5.74) is 3.10. The van der Waals surface area contributed by atoms with Gasteiger partial charge in [0.15, 0.2) is 0 Å². The number of H-pyrrole nitrogens is 1. The minimum Gasteiger partial charge on any atom is -0.478 e. The van der Waals surface area contributed by atoms with Crippen LogP contribution in [0, 0.1) is 6.92 Å². The maximum Gasteiger partial charge on any atom is 0.337 e. The lowest BCUT2D eigenvalue weighted by atomic mass is 10.0. The summed E-state index contributed by atoms with van der Waals surface area (Å²) in [5.74, 6) is -0.910. The summed E-state index contributed by atoms with van der Waals surface area (Å²) >= 11 is 4.24. The number of aryl methyl sites for hydroxylation is 1. The molecular weight excluding hydrogens is 444 g/mol. The van der Waals surface area contributed by atoms with Gasteiger partial charge in [-0.25, -0.2) is 4.79 Å². The molecule has 1 aromatic heterocycles. The van der Waals surface area contributed by atoms with E-state index in [1.165, 1.54) is 6.20 Å². The Hall–Kier alpha value is -0.570. The van der Waals surface area contributed by atoms with Crippen molar-refractivity contribution in [3.8, 4) is 11.1 Å². The highest BCUT2D eigenvalue weighted by Gasteiger charge is 2.11. The zero-order valence-electron chi connectivity index (χ0n) is 9.08. The van der Waals surface area contributed by atoms with Gasteiger partial charge in [0.25, 0.3) is 0 Å². The van der Waals surface area contributed by atoms with E-state index in [1.807, 2.05) is 31.2 Å². The fourth-order valence-electron chi connectivity index (χ4n) is 1.51. The monoisotopic (exact) mass is 455 g/mol. The lowest BCUT2D eigenvalue weighted by Crippen LogP contribution is -1.95. The third kappa shape index (κ3) is 3.70. The normalized spacial score (nSPS) is 9.35. The van der Waals surface area contributed by atoms with E-state index in [0.717, 1.165) is 16.7 Å².